The third-order valence-electron chi connectivity index (χ3n) is 7.19. The Kier molecular flexibility index (Phi) is 7.23. The fraction of sp³-hybridized carbons (Fsp3) is 0.440. The highest BCUT2D eigenvalue weighted by Gasteiger charge is 2.57. The monoisotopic (exact) mass is 585 g/mol. The third-order valence-corrected chi connectivity index (χ3v) is 8.45. The van der Waals surface area contributed by atoms with Gasteiger partial charge in [-0.15, -0.1) is 0 Å². The molecule has 3 fully saturated rings. The van der Waals surface area contributed by atoms with Gasteiger partial charge in [0, 0.05) is 34.7 Å². The fourth-order valence-corrected chi connectivity index (χ4v) is 6.64. The van der Waals surface area contributed by atoms with Crippen LogP contribution in [-0.2, 0) is 19.6 Å². The lowest BCUT2D eigenvalue weighted by atomic mass is 9.76. The summed E-state index contributed by atoms with van der Waals surface area (Å²) in [4.78, 5) is 25.6. The van der Waals surface area contributed by atoms with Gasteiger partial charge in [0.15, 0.2) is 12.7 Å². The lowest BCUT2D eigenvalue weighted by Gasteiger charge is -2.39. The van der Waals surface area contributed by atoms with Crippen LogP contribution >= 0.6 is 23.2 Å². The molecule has 4 aliphatic rings. The largest absolute Gasteiger partial charge is 0.484 e. The van der Waals surface area contributed by atoms with Crippen molar-refractivity contribution >= 4 is 45.0 Å². The van der Waals surface area contributed by atoms with Crippen LogP contribution in [0.4, 0.5) is 4.39 Å². The minimum Gasteiger partial charge on any atom is -0.484 e. The van der Waals surface area contributed by atoms with Gasteiger partial charge in [-0.05, 0) is 55.5 Å². The summed E-state index contributed by atoms with van der Waals surface area (Å²) in [6.07, 6.45) is 2.23. The highest BCUT2D eigenvalue weighted by molar-refractivity contribution is 7.88. The normalized spacial score (nSPS) is 27.5. The number of rotatable bonds is 8. The van der Waals surface area contributed by atoms with Gasteiger partial charge >= 0.3 is 0 Å². The first kappa shape index (κ1) is 27.0. The summed E-state index contributed by atoms with van der Waals surface area (Å²) in [6, 6.07) is 7.98. The highest BCUT2D eigenvalue weighted by Crippen LogP contribution is 2.52. The Bertz CT molecular complexity index is 1390. The second-order valence-electron chi connectivity index (χ2n) is 10.1. The molecule has 38 heavy (non-hydrogen) atoms. The van der Waals surface area contributed by atoms with Crippen LogP contribution in [0.25, 0.3) is 0 Å². The first-order valence-electron chi connectivity index (χ1n) is 12.0. The minimum atomic E-state index is -3.55. The molecule has 13 heteroatoms. The number of ether oxygens (including phenoxy) is 2. The fourth-order valence-electron chi connectivity index (χ4n) is 5.60. The molecule has 2 bridgehead atoms. The van der Waals surface area contributed by atoms with Gasteiger partial charge in [0.2, 0.25) is 10.0 Å². The molecule has 2 aromatic carbocycles. The van der Waals surface area contributed by atoms with E-state index in [4.69, 9.17) is 32.7 Å². The number of carbonyl (C=O) groups is 2. The average Bonchev–Trinajstić information content (AvgIpc) is 3.32. The van der Waals surface area contributed by atoms with Gasteiger partial charge in [-0.2, -0.15) is 0 Å². The maximum Gasteiger partial charge on any atom is 0.261 e. The van der Waals surface area contributed by atoms with Crippen LogP contribution in [0.5, 0.6) is 11.5 Å². The van der Waals surface area contributed by atoms with Crippen molar-refractivity contribution in [3.05, 3.63) is 57.8 Å². The molecule has 3 N–H and O–H groups in total. The van der Waals surface area contributed by atoms with Crippen molar-refractivity contribution in [2.75, 3.05) is 12.9 Å². The maximum atomic E-state index is 13.6. The summed E-state index contributed by atoms with van der Waals surface area (Å²) in [5, 5.41) is 6.42. The van der Waals surface area contributed by atoms with Gasteiger partial charge in [0.05, 0.1) is 17.3 Å². The molecule has 0 saturated heterocycles. The number of hydrogen-bond acceptors (Lipinski definition) is 6. The molecular formula is C25H26Cl2FN3O6S. The summed E-state index contributed by atoms with van der Waals surface area (Å²) in [7, 11) is -3.55. The quantitative estimate of drug-likeness (QED) is 0.437. The van der Waals surface area contributed by atoms with Crippen molar-refractivity contribution in [3.63, 3.8) is 0 Å². The van der Waals surface area contributed by atoms with E-state index in [-0.39, 0.29) is 47.6 Å². The number of hydrogen-bond donors (Lipinski definition) is 3. The van der Waals surface area contributed by atoms with E-state index in [1.807, 2.05) is 0 Å². The second kappa shape index (κ2) is 10.2. The van der Waals surface area contributed by atoms with Gasteiger partial charge in [-0.1, -0.05) is 23.2 Å². The van der Waals surface area contributed by atoms with Gasteiger partial charge in [-0.25, -0.2) is 17.5 Å². The summed E-state index contributed by atoms with van der Waals surface area (Å²) in [6.45, 7) is -0.279. The Balaban J connectivity index is 1.17. The molecule has 2 amide bonds. The van der Waals surface area contributed by atoms with Gasteiger partial charge in [0.1, 0.15) is 17.3 Å². The Morgan fingerprint density at radius 3 is 2.63 bits per heavy atom. The summed E-state index contributed by atoms with van der Waals surface area (Å²) in [5.74, 6) is -0.536. The highest BCUT2D eigenvalue weighted by atomic mass is 35.5. The molecule has 3 atom stereocenters. The van der Waals surface area contributed by atoms with E-state index in [1.54, 1.807) is 18.2 Å². The van der Waals surface area contributed by atoms with E-state index in [1.165, 1.54) is 12.1 Å². The number of halogens is 3. The second-order valence-corrected chi connectivity index (χ2v) is 12.8. The molecule has 0 aromatic heterocycles. The topological polar surface area (TPSA) is 123 Å². The van der Waals surface area contributed by atoms with Gasteiger partial charge in [0.25, 0.3) is 11.8 Å². The molecule has 3 aliphatic carbocycles. The minimum absolute atomic E-state index is 0.0327. The SMILES string of the molecule is CS(=O)(=O)NC1CC(C(=O)NC2CC3(NC(=O)COc4ccc(Cl)c(F)c4)CC2C3)Oc2ccc(Cl)cc21. The van der Waals surface area contributed by atoms with Crippen molar-refractivity contribution in [2.24, 2.45) is 5.92 Å². The van der Waals surface area contributed by atoms with Crippen molar-refractivity contribution < 1.29 is 31.9 Å². The molecule has 2 aromatic rings. The molecule has 1 aliphatic heterocycles. The lowest BCUT2D eigenvalue weighted by Crippen LogP contribution is -2.53. The van der Waals surface area contributed by atoms with Crippen LogP contribution < -0.4 is 24.8 Å². The van der Waals surface area contributed by atoms with Crippen LogP contribution in [0.2, 0.25) is 10.0 Å². The standard InChI is InChI=1S/C25H26Cl2FN3O6S/c1-38(34,35)31-19-8-22(37-21-5-2-14(26)6-16(19)21)24(33)29-20-11-25(9-13(20)10-25)30-23(32)12-36-15-3-4-17(27)18(28)7-15/h2-7,13,19-20,22,31H,8-12H2,1H3,(H,29,33)(H,30,32). The van der Waals surface area contributed by atoms with Crippen LogP contribution in [0.15, 0.2) is 36.4 Å². The molecule has 3 saturated carbocycles. The Morgan fingerprint density at radius 1 is 1.16 bits per heavy atom. The predicted octanol–water partition coefficient (Wildman–Crippen LogP) is 3.11. The Labute approximate surface area is 229 Å². The van der Waals surface area contributed by atoms with Crippen molar-refractivity contribution in [1.29, 1.82) is 0 Å². The average molecular weight is 586 g/mol. The zero-order valence-corrected chi connectivity index (χ0v) is 22.6. The number of benzene rings is 2. The lowest BCUT2D eigenvalue weighted by molar-refractivity contribution is -0.130. The van der Waals surface area contributed by atoms with Gasteiger partial charge < -0.3 is 20.1 Å². The third kappa shape index (κ3) is 5.85. The number of sulfonamides is 1. The van der Waals surface area contributed by atoms with Crippen LogP contribution in [0.1, 0.15) is 37.3 Å². The van der Waals surface area contributed by atoms with Crippen LogP contribution in [0, 0.1) is 11.7 Å². The van der Waals surface area contributed by atoms with Crippen molar-refractivity contribution in [1.82, 2.24) is 15.4 Å². The van der Waals surface area contributed by atoms with Gasteiger partial charge in [-0.3, -0.25) is 9.59 Å². The first-order chi connectivity index (χ1) is 17.9. The molecule has 0 radical (unpaired) electrons. The van der Waals surface area contributed by atoms with Crippen LogP contribution in [0.3, 0.4) is 0 Å². The summed E-state index contributed by atoms with van der Waals surface area (Å²) >= 11 is 11.7. The zero-order chi connectivity index (χ0) is 27.2. The number of fused-ring (bicyclic) bond motifs is 2. The molecule has 9 nitrogen and oxygen atoms in total. The molecule has 0 spiro atoms. The molecular weight excluding hydrogens is 560 g/mol. The maximum absolute atomic E-state index is 13.6. The molecule has 3 unspecified atom stereocenters. The number of nitrogens with one attached hydrogen (secondary N) is 3. The zero-order valence-electron chi connectivity index (χ0n) is 20.3. The van der Waals surface area contributed by atoms with Crippen molar-refractivity contribution in [3.8, 4) is 11.5 Å². The summed E-state index contributed by atoms with van der Waals surface area (Å²) < 4.78 is 51.3. The van der Waals surface area contributed by atoms with E-state index in [2.05, 4.69) is 15.4 Å². The number of carbonyl (C=O) groups excluding carboxylic acids is 2. The van der Waals surface area contributed by atoms with E-state index >= 15 is 0 Å². The van der Waals surface area contributed by atoms with E-state index < -0.39 is 33.5 Å². The molecule has 204 valence electrons. The smallest absolute Gasteiger partial charge is 0.261 e. The Morgan fingerprint density at radius 2 is 1.92 bits per heavy atom. The number of amides is 2. The summed E-state index contributed by atoms with van der Waals surface area (Å²) in [5.41, 5.74) is 0.131. The van der Waals surface area contributed by atoms with E-state index in [0.717, 1.165) is 12.3 Å². The van der Waals surface area contributed by atoms with Crippen molar-refractivity contribution in [2.45, 2.75) is 49.4 Å². The molecule has 6 rings (SSSR count). The van der Waals surface area contributed by atoms with E-state index in [9.17, 15) is 22.4 Å². The Hall–Kier alpha value is -2.60. The van der Waals surface area contributed by atoms with Crippen LogP contribution in [-0.4, -0.2) is 50.8 Å². The molecule has 1 heterocycles. The van der Waals surface area contributed by atoms with E-state index in [0.29, 0.717) is 35.6 Å². The first-order valence-corrected chi connectivity index (χ1v) is 14.7. The predicted molar refractivity (Wildman–Crippen MR) is 138 cm³/mol.